The molecule has 0 saturated carbocycles. The second-order valence-corrected chi connectivity index (χ2v) is 5.91. The number of ether oxygens (including phenoxy) is 1. The van der Waals surface area contributed by atoms with E-state index < -0.39 is 11.8 Å². The zero-order valence-electron chi connectivity index (χ0n) is 15.0. The highest BCUT2D eigenvalue weighted by Gasteiger charge is 2.20. The Labute approximate surface area is 161 Å². The Morgan fingerprint density at radius 1 is 1.11 bits per heavy atom. The van der Waals surface area contributed by atoms with Crippen molar-refractivity contribution in [3.8, 4) is 17.6 Å². The number of rotatable bonds is 5. The van der Waals surface area contributed by atoms with Crippen LogP contribution in [0.4, 0.5) is 11.4 Å². The third-order valence-electron chi connectivity index (χ3n) is 4.13. The number of phenolic OH excluding ortho intramolecular Hbond substituents is 1. The van der Waals surface area contributed by atoms with Crippen LogP contribution in [0, 0.1) is 11.3 Å². The Bertz CT molecular complexity index is 1100. The second-order valence-electron chi connectivity index (χ2n) is 5.91. The minimum Gasteiger partial charge on any atom is -0.505 e. The van der Waals surface area contributed by atoms with Crippen molar-refractivity contribution in [3.05, 3.63) is 60.2 Å². The maximum Gasteiger partial charge on any atom is 0.259 e. The van der Waals surface area contributed by atoms with Gasteiger partial charge in [-0.2, -0.15) is 5.26 Å². The average molecular weight is 375 g/mol. The molecule has 28 heavy (non-hydrogen) atoms. The lowest BCUT2D eigenvalue weighted by molar-refractivity contribution is -0.115. The first kappa shape index (κ1) is 18.7. The van der Waals surface area contributed by atoms with Crippen molar-refractivity contribution in [1.29, 1.82) is 5.26 Å². The number of nitrogens with one attached hydrogen (secondary N) is 2. The molecule has 0 bridgehead atoms. The van der Waals surface area contributed by atoms with Gasteiger partial charge in [-0.05, 0) is 23.6 Å². The monoisotopic (exact) mass is 375 g/mol. The number of phenols is 1. The molecule has 0 fully saturated rings. The molecule has 3 N–H and O–H groups in total. The number of nitriles is 1. The molecule has 3 aromatic rings. The van der Waals surface area contributed by atoms with Crippen LogP contribution in [0.25, 0.3) is 10.8 Å². The summed E-state index contributed by atoms with van der Waals surface area (Å²) in [7, 11) is 1.49. The number of para-hydroxylation sites is 2. The quantitative estimate of drug-likeness (QED) is 0.589. The number of anilines is 2. The first-order chi connectivity index (χ1) is 13.5. The molecule has 2 amide bonds. The molecule has 0 heterocycles. The maximum atomic E-state index is 12.8. The number of carbonyl (C=O) groups excluding carboxylic acids is 2. The molecule has 0 saturated heterocycles. The van der Waals surface area contributed by atoms with Gasteiger partial charge in [0, 0.05) is 5.39 Å². The van der Waals surface area contributed by atoms with Gasteiger partial charge in [-0.15, -0.1) is 0 Å². The number of nitrogens with zero attached hydrogens (tertiary/aromatic N) is 1. The van der Waals surface area contributed by atoms with E-state index in [1.807, 2.05) is 0 Å². The van der Waals surface area contributed by atoms with Gasteiger partial charge in [0.2, 0.25) is 5.91 Å². The molecule has 0 aliphatic rings. The third-order valence-corrected chi connectivity index (χ3v) is 4.13. The van der Waals surface area contributed by atoms with Crippen LogP contribution >= 0.6 is 0 Å². The van der Waals surface area contributed by atoms with Gasteiger partial charge in [0.15, 0.2) is 5.75 Å². The molecule has 7 nitrogen and oxygen atoms in total. The number of hydrogen-bond donors (Lipinski definition) is 3. The Hall–Kier alpha value is -4.05. The highest BCUT2D eigenvalue weighted by Crippen LogP contribution is 2.37. The van der Waals surface area contributed by atoms with E-state index in [4.69, 9.17) is 10.00 Å². The summed E-state index contributed by atoms with van der Waals surface area (Å²) < 4.78 is 5.22. The highest BCUT2D eigenvalue weighted by molar-refractivity contribution is 6.14. The minimum absolute atomic E-state index is 0.0168. The summed E-state index contributed by atoms with van der Waals surface area (Å²) in [6, 6.07) is 17.2. The zero-order chi connectivity index (χ0) is 20.1. The smallest absolute Gasteiger partial charge is 0.259 e. The van der Waals surface area contributed by atoms with E-state index in [2.05, 4.69) is 10.6 Å². The number of methoxy groups -OCH3 is 1. The average Bonchev–Trinajstić information content (AvgIpc) is 2.70. The SMILES string of the molecule is COc1ccccc1NC(=O)c1cc2ccccc2c(NC(=O)CC#N)c1O. The molecule has 7 heteroatoms. The molecule has 0 radical (unpaired) electrons. The van der Waals surface area contributed by atoms with Crippen molar-refractivity contribution in [2.24, 2.45) is 0 Å². The fourth-order valence-electron chi connectivity index (χ4n) is 2.83. The lowest BCUT2D eigenvalue weighted by Gasteiger charge is -2.15. The summed E-state index contributed by atoms with van der Waals surface area (Å²) in [5.74, 6) is -1.05. The maximum absolute atomic E-state index is 12.8. The standard InChI is InChI=1S/C21H17N3O4/c1-28-17-9-5-4-8-16(17)23-21(27)15-12-13-6-2-3-7-14(13)19(20(15)26)24-18(25)10-11-22/h2-9,12,26H,10H2,1H3,(H,23,27)(H,24,25). The van der Waals surface area contributed by atoms with Crippen LogP contribution < -0.4 is 15.4 Å². The molecule has 0 aromatic heterocycles. The first-order valence-corrected chi connectivity index (χ1v) is 8.41. The van der Waals surface area contributed by atoms with Gasteiger partial charge < -0.3 is 20.5 Å². The van der Waals surface area contributed by atoms with Crippen LogP contribution in [0.5, 0.6) is 11.5 Å². The van der Waals surface area contributed by atoms with Crippen LogP contribution in [-0.4, -0.2) is 24.0 Å². The lowest BCUT2D eigenvalue weighted by Crippen LogP contribution is -2.15. The Morgan fingerprint density at radius 2 is 1.82 bits per heavy atom. The van der Waals surface area contributed by atoms with Crippen LogP contribution in [0.2, 0.25) is 0 Å². The van der Waals surface area contributed by atoms with Crippen molar-refractivity contribution in [2.45, 2.75) is 6.42 Å². The Balaban J connectivity index is 2.05. The van der Waals surface area contributed by atoms with Gasteiger partial charge in [-0.1, -0.05) is 36.4 Å². The summed E-state index contributed by atoms with van der Waals surface area (Å²) in [6.07, 6.45) is -0.370. The van der Waals surface area contributed by atoms with E-state index in [9.17, 15) is 14.7 Å². The fraction of sp³-hybridized carbons (Fsp3) is 0.0952. The molecule has 0 atom stereocenters. The molecule has 0 aliphatic heterocycles. The van der Waals surface area contributed by atoms with E-state index in [1.54, 1.807) is 54.6 Å². The molecule has 0 unspecified atom stereocenters. The van der Waals surface area contributed by atoms with Crippen LogP contribution in [0.3, 0.4) is 0 Å². The van der Waals surface area contributed by atoms with E-state index >= 15 is 0 Å². The Kier molecular flexibility index (Phi) is 5.42. The highest BCUT2D eigenvalue weighted by atomic mass is 16.5. The molecule has 0 spiro atoms. The van der Waals surface area contributed by atoms with E-state index in [0.29, 0.717) is 22.2 Å². The van der Waals surface area contributed by atoms with E-state index in [-0.39, 0.29) is 23.4 Å². The van der Waals surface area contributed by atoms with Gasteiger partial charge in [0.25, 0.3) is 5.91 Å². The van der Waals surface area contributed by atoms with Crippen molar-refractivity contribution in [1.82, 2.24) is 0 Å². The third kappa shape index (κ3) is 3.71. The summed E-state index contributed by atoms with van der Waals surface area (Å²) in [6.45, 7) is 0. The molecule has 3 rings (SSSR count). The zero-order valence-corrected chi connectivity index (χ0v) is 15.0. The molecule has 3 aromatic carbocycles. The lowest BCUT2D eigenvalue weighted by atomic mass is 10.0. The van der Waals surface area contributed by atoms with Crippen LogP contribution in [0.15, 0.2) is 54.6 Å². The fourth-order valence-corrected chi connectivity index (χ4v) is 2.83. The predicted octanol–water partition coefficient (Wildman–Crippen LogP) is 3.66. The van der Waals surface area contributed by atoms with E-state index in [1.165, 1.54) is 13.2 Å². The number of carbonyl (C=O) groups is 2. The van der Waals surface area contributed by atoms with Crippen molar-refractivity contribution in [3.63, 3.8) is 0 Å². The van der Waals surface area contributed by atoms with Crippen molar-refractivity contribution in [2.75, 3.05) is 17.7 Å². The van der Waals surface area contributed by atoms with E-state index in [0.717, 1.165) is 0 Å². The molecular formula is C21H17N3O4. The first-order valence-electron chi connectivity index (χ1n) is 8.41. The van der Waals surface area contributed by atoms with Gasteiger partial charge in [-0.3, -0.25) is 9.59 Å². The topological polar surface area (TPSA) is 111 Å². The summed E-state index contributed by atoms with van der Waals surface area (Å²) in [4.78, 5) is 24.7. The number of amides is 2. The van der Waals surface area contributed by atoms with Crippen molar-refractivity contribution < 1.29 is 19.4 Å². The number of benzene rings is 3. The summed E-state index contributed by atoms with van der Waals surface area (Å²) in [5, 5.41) is 25.8. The van der Waals surface area contributed by atoms with Gasteiger partial charge in [-0.25, -0.2) is 0 Å². The Morgan fingerprint density at radius 3 is 2.57 bits per heavy atom. The minimum atomic E-state index is -0.578. The van der Waals surface area contributed by atoms with Gasteiger partial charge in [0.1, 0.15) is 12.2 Å². The number of hydrogen-bond acceptors (Lipinski definition) is 5. The number of fused-ring (bicyclic) bond motifs is 1. The van der Waals surface area contributed by atoms with Gasteiger partial charge >= 0.3 is 0 Å². The molecule has 0 aliphatic carbocycles. The van der Waals surface area contributed by atoms with Gasteiger partial charge in [0.05, 0.1) is 30.1 Å². The summed E-state index contributed by atoms with van der Waals surface area (Å²) >= 11 is 0. The summed E-state index contributed by atoms with van der Waals surface area (Å²) in [5.41, 5.74) is 0.512. The van der Waals surface area contributed by atoms with Crippen molar-refractivity contribution >= 4 is 34.0 Å². The predicted molar refractivity (Wildman–Crippen MR) is 105 cm³/mol. The van der Waals surface area contributed by atoms with Crippen LogP contribution in [-0.2, 0) is 4.79 Å². The number of aromatic hydroxyl groups is 1. The molecule has 140 valence electrons. The second kappa shape index (κ2) is 8.10. The van der Waals surface area contributed by atoms with Crippen LogP contribution in [0.1, 0.15) is 16.8 Å². The normalized spacial score (nSPS) is 10.1. The largest absolute Gasteiger partial charge is 0.505 e. The molecular weight excluding hydrogens is 358 g/mol.